The van der Waals surface area contributed by atoms with E-state index < -0.39 is 33.9 Å². The van der Waals surface area contributed by atoms with Gasteiger partial charge in [-0.25, -0.2) is 4.39 Å². The first-order valence-corrected chi connectivity index (χ1v) is 6.09. The van der Waals surface area contributed by atoms with Crippen LogP contribution in [0.5, 0.6) is 0 Å². The van der Waals surface area contributed by atoms with E-state index in [0.29, 0.717) is 18.2 Å². The third-order valence-electron chi connectivity index (χ3n) is 2.12. The number of thioether (sulfide) groups is 1. The largest absolute Gasteiger partial charge is 0.417 e. The molecule has 0 aromatic heterocycles. The monoisotopic (exact) mass is 281 g/mol. The number of amides is 1. The molecule has 1 rings (SSSR count). The summed E-state index contributed by atoms with van der Waals surface area (Å²) in [5.74, 6) is -1.96. The minimum absolute atomic E-state index is 0.322. The molecule has 0 aliphatic heterocycles. The second-order valence-corrected chi connectivity index (χ2v) is 4.62. The van der Waals surface area contributed by atoms with Crippen LogP contribution < -0.4 is 5.73 Å². The molecule has 100 valence electrons. The van der Waals surface area contributed by atoms with Gasteiger partial charge < -0.3 is 5.73 Å². The molecule has 18 heavy (non-hydrogen) atoms. The van der Waals surface area contributed by atoms with Crippen LogP contribution >= 0.6 is 11.8 Å². The molecule has 0 aliphatic carbocycles. The van der Waals surface area contributed by atoms with Crippen LogP contribution in [0.3, 0.4) is 0 Å². The van der Waals surface area contributed by atoms with E-state index in [2.05, 4.69) is 0 Å². The molecule has 2 nitrogen and oxygen atoms in total. The van der Waals surface area contributed by atoms with Crippen LogP contribution in [0.2, 0.25) is 0 Å². The maximum absolute atomic E-state index is 13.8. The van der Waals surface area contributed by atoms with Gasteiger partial charge in [0.25, 0.3) is 5.91 Å². The SMILES string of the molecule is CCCSc1c(C(F)(F)F)ccc(C(N)=O)c1F. The molecule has 0 heterocycles. The molecule has 0 saturated carbocycles. The van der Waals surface area contributed by atoms with Crippen LogP contribution in [0.25, 0.3) is 0 Å². The fourth-order valence-electron chi connectivity index (χ4n) is 1.31. The zero-order valence-electron chi connectivity index (χ0n) is 9.47. The smallest absolute Gasteiger partial charge is 0.366 e. The maximum atomic E-state index is 13.8. The molecule has 0 unspecified atom stereocenters. The average molecular weight is 281 g/mol. The summed E-state index contributed by atoms with van der Waals surface area (Å²) in [5.41, 5.74) is 3.30. The number of carbonyl (C=O) groups is 1. The maximum Gasteiger partial charge on any atom is 0.417 e. The fraction of sp³-hybridized carbons (Fsp3) is 0.364. The predicted molar refractivity (Wildman–Crippen MR) is 60.9 cm³/mol. The highest BCUT2D eigenvalue weighted by molar-refractivity contribution is 7.99. The highest BCUT2D eigenvalue weighted by Crippen LogP contribution is 2.39. The number of hydrogen-bond donors (Lipinski definition) is 1. The minimum atomic E-state index is -4.66. The lowest BCUT2D eigenvalue weighted by Crippen LogP contribution is -2.16. The van der Waals surface area contributed by atoms with Crippen molar-refractivity contribution in [3.63, 3.8) is 0 Å². The Hall–Kier alpha value is -1.24. The number of rotatable bonds is 4. The van der Waals surface area contributed by atoms with Crippen molar-refractivity contribution < 1.29 is 22.4 Å². The Morgan fingerprint density at radius 1 is 1.39 bits per heavy atom. The average Bonchev–Trinajstić information content (AvgIpc) is 2.25. The van der Waals surface area contributed by atoms with Crippen LogP contribution in [-0.2, 0) is 6.18 Å². The number of halogens is 4. The van der Waals surface area contributed by atoms with E-state index in [1.165, 1.54) is 0 Å². The predicted octanol–water partition coefficient (Wildman–Crippen LogP) is 3.45. The van der Waals surface area contributed by atoms with Gasteiger partial charge >= 0.3 is 6.18 Å². The molecule has 0 radical (unpaired) electrons. The van der Waals surface area contributed by atoms with Crippen molar-refractivity contribution in [3.05, 3.63) is 29.1 Å². The first-order chi connectivity index (χ1) is 8.29. The van der Waals surface area contributed by atoms with Crippen molar-refractivity contribution in [1.82, 2.24) is 0 Å². The molecule has 0 aliphatic rings. The van der Waals surface area contributed by atoms with Gasteiger partial charge in [0.1, 0.15) is 5.82 Å². The van der Waals surface area contributed by atoms with E-state index in [0.717, 1.165) is 17.8 Å². The van der Waals surface area contributed by atoms with Gasteiger partial charge in [-0.15, -0.1) is 11.8 Å². The summed E-state index contributed by atoms with van der Waals surface area (Å²) in [6.07, 6.45) is -4.07. The molecule has 0 bridgehead atoms. The van der Waals surface area contributed by atoms with Crippen molar-refractivity contribution in [1.29, 1.82) is 0 Å². The quantitative estimate of drug-likeness (QED) is 0.678. The van der Waals surface area contributed by atoms with Crippen LogP contribution in [0, 0.1) is 5.82 Å². The summed E-state index contributed by atoms with van der Waals surface area (Å²) in [5, 5.41) is 0. The van der Waals surface area contributed by atoms with Gasteiger partial charge in [0.15, 0.2) is 0 Å². The molecule has 2 N–H and O–H groups in total. The number of carbonyl (C=O) groups excluding carboxylic acids is 1. The van der Waals surface area contributed by atoms with Crippen molar-refractivity contribution in [2.75, 3.05) is 5.75 Å². The third kappa shape index (κ3) is 3.16. The number of primary amides is 1. The van der Waals surface area contributed by atoms with E-state index >= 15 is 0 Å². The lowest BCUT2D eigenvalue weighted by atomic mass is 10.1. The third-order valence-corrected chi connectivity index (χ3v) is 3.42. The number of nitrogens with two attached hydrogens (primary N) is 1. The van der Waals surface area contributed by atoms with Crippen LogP contribution in [0.4, 0.5) is 17.6 Å². The van der Waals surface area contributed by atoms with Gasteiger partial charge in [-0.2, -0.15) is 13.2 Å². The molecule has 1 aromatic carbocycles. The Balaban J connectivity index is 3.36. The number of alkyl halides is 3. The summed E-state index contributed by atoms with van der Waals surface area (Å²) < 4.78 is 51.9. The van der Waals surface area contributed by atoms with Gasteiger partial charge in [0.2, 0.25) is 0 Å². The van der Waals surface area contributed by atoms with Crippen LogP contribution in [0.15, 0.2) is 17.0 Å². The molecule has 0 saturated heterocycles. The molecular formula is C11H11F4NOS. The molecule has 0 atom stereocenters. The highest BCUT2D eigenvalue weighted by Gasteiger charge is 2.35. The van der Waals surface area contributed by atoms with E-state index in [1.807, 2.05) is 0 Å². The normalized spacial score (nSPS) is 11.6. The zero-order chi connectivity index (χ0) is 13.9. The second-order valence-electron chi connectivity index (χ2n) is 3.51. The molecule has 0 spiro atoms. The number of benzene rings is 1. The summed E-state index contributed by atoms with van der Waals surface area (Å²) >= 11 is 0.729. The van der Waals surface area contributed by atoms with E-state index in [9.17, 15) is 22.4 Å². The Morgan fingerprint density at radius 3 is 2.44 bits per heavy atom. The highest BCUT2D eigenvalue weighted by atomic mass is 32.2. The molecule has 1 aromatic rings. The first-order valence-electron chi connectivity index (χ1n) is 5.11. The molecule has 7 heteroatoms. The molecular weight excluding hydrogens is 270 g/mol. The Morgan fingerprint density at radius 2 is 2.00 bits per heavy atom. The first kappa shape index (κ1) is 14.8. The van der Waals surface area contributed by atoms with Crippen LogP contribution in [0.1, 0.15) is 29.3 Å². The lowest BCUT2D eigenvalue weighted by molar-refractivity contribution is -0.140. The summed E-state index contributed by atoms with van der Waals surface area (Å²) in [6.45, 7) is 1.76. The van der Waals surface area contributed by atoms with E-state index in [-0.39, 0.29) is 0 Å². The minimum Gasteiger partial charge on any atom is -0.366 e. The number of hydrogen-bond acceptors (Lipinski definition) is 2. The van der Waals surface area contributed by atoms with Crippen molar-refractivity contribution in [3.8, 4) is 0 Å². The van der Waals surface area contributed by atoms with Gasteiger partial charge in [-0.1, -0.05) is 6.92 Å². The molecule has 0 fully saturated rings. The van der Waals surface area contributed by atoms with E-state index in [1.54, 1.807) is 6.92 Å². The Bertz CT molecular complexity index is 459. The lowest BCUT2D eigenvalue weighted by Gasteiger charge is -2.14. The molecule has 1 amide bonds. The summed E-state index contributed by atoms with van der Waals surface area (Å²) in [4.78, 5) is 10.3. The van der Waals surface area contributed by atoms with Gasteiger partial charge in [-0.05, 0) is 24.3 Å². The fourth-order valence-corrected chi connectivity index (χ4v) is 2.30. The second kappa shape index (κ2) is 5.60. The standard InChI is InChI=1S/C11H11F4NOS/c1-2-5-18-9-7(11(13,14)15)4-3-6(8(9)12)10(16)17/h3-4H,2,5H2,1H3,(H2,16,17). The van der Waals surface area contributed by atoms with Crippen molar-refractivity contribution in [2.45, 2.75) is 24.4 Å². The summed E-state index contributed by atoms with van der Waals surface area (Å²) in [6, 6.07) is 1.44. The zero-order valence-corrected chi connectivity index (χ0v) is 10.3. The topological polar surface area (TPSA) is 43.1 Å². The van der Waals surface area contributed by atoms with Crippen molar-refractivity contribution in [2.24, 2.45) is 5.73 Å². The van der Waals surface area contributed by atoms with E-state index in [4.69, 9.17) is 5.73 Å². The van der Waals surface area contributed by atoms with Gasteiger partial charge in [-0.3, -0.25) is 4.79 Å². The Labute approximate surface area is 106 Å². The van der Waals surface area contributed by atoms with Crippen LogP contribution in [-0.4, -0.2) is 11.7 Å². The van der Waals surface area contributed by atoms with Crippen molar-refractivity contribution >= 4 is 17.7 Å². The Kier molecular flexibility index (Phi) is 4.61. The van der Waals surface area contributed by atoms with Gasteiger partial charge in [0.05, 0.1) is 16.0 Å². The van der Waals surface area contributed by atoms with Gasteiger partial charge in [0, 0.05) is 0 Å². The summed E-state index contributed by atoms with van der Waals surface area (Å²) in [7, 11) is 0.